The molecule has 0 radical (unpaired) electrons. The Hall–Kier alpha value is -4.22. The molecule has 11 heteroatoms. The van der Waals surface area contributed by atoms with Crippen LogP contribution < -0.4 is 15.6 Å². The summed E-state index contributed by atoms with van der Waals surface area (Å²) in [6.45, 7) is 4.77. The molecule has 1 aliphatic rings. The number of halogens is 1. The summed E-state index contributed by atoms with van der Waals surface area (Å²) in [6.07, 6.45) is -1.16. The number of carbonyl (C=O) groups excluding carboxylic acids is 3. The van der Waals surface area contributed by atoms with E-state index >= 15 is 0 Å². The average Bonchev–Trinajstić information content (AvgIpc) is 3.12. The van der Waals surface area contributed by atoms with Gasteiger partial charge < -0.3 is 10.2 Å². The molecule has 0 aliphatic carbocycles. The highest BCUT2D eigenvalue weighted by molar-refractivity contribution is 9.10. The van der Waals surface area contributed by atoms with Crippen molar-refractivity contribution in [1.82, 2.24) is 15.4 Å². The topological polar surface area (TPSA) is 118 Å². The normalized spacial score (nSPS) is 16.7. The Morgan fingerprint density at radius 1 is 1.00 bits per heavy atom. The van der Waals surface area contributed by atoms with Crippen molar-refractivity contribution in [2.24, 2.45) is 5.10 Å². The van der Waals surface area contributed by atoms with Gasteiger partial charge in [0.05, 0.1) is 11.3 Å². The van der Waals surface area contributed by atoms with E-state index in [9.17, 15) is 19.6 Å². The van der Waals surface area contributed by atoms with Crippen molar-refractivity contribution < 1.29 is 19.6 Å². The number of urea groups is 2. The summed E-state index contributed by atoms with van der Waals surface area (Å²) in [7, 11) is 0. The second-order valence-electron chi connectivity index (χ2n) is 9.48. The number of hydrogen-bond donors (Lipinski definition) is 3. The van der Waals surface area contributed by atoms with Crippen LogP contribution in [0.2, 0.25) is 0 Å². The molecule has 3 aromatic carbocycles. The fourth-order valence-corrected chi connectivity index (χ4v) is 4.62. The minimum Gasteiger partial charge on any atom is -0.306 e. The van der Waals surface area contributed by atoms with Gasteiger partial charge in [0.1, 0.15) is 6.54 Å². The maximum atomic E-state index is 13.7. The van der Waals surface area contributed by atoms with Crippen LogP contribution in [-0.4, -0.2) is 57.1 Å². The molecule has 4 rings (SSSR count). The second kappa shape index (κ2) is 11.7. The molecule has 3 aromatic rings. The van der Waals surface area contributed by atoms with E-state index in [1.165, 1.54) is 9.80 Å². The lowest BCUT2D eigenvalue weighted by Gasteiger charge is -2.38. The fraction of sp³-hybridized carbons (Fsp3) is 0.214. The van der Waals surface area contributed by atoms with E-state index in [1.54, 1.807) is 81.4 Å². The SMILES string of the molecule is C/C(=N\NC(=O)CN1C(=O)N(c2ccccc2)C(N(O)C(=O)Nc2ccccc2)C1(C)C)c1ccc(Br)cc1. The van der Waals surface area contributed by atoms with Crippen molar-refractivity contribution in [3.05, 3.63) is 95.0 Å². The minimum absolute atomic E-state index is 0.350. The lowest BCUT2D eigenvalue weighted by atomic mass is 9.99. The molecule has 1 unspecified atom stereocenters. The van der Waals surface area contributed by atoms with Crippen LogP contribution in [-0.2, 0) is 4.79 Å². The standard InChI is InChI=1S/C28H29BrN6O4/c1-19(20-14-16-21(29)17-15-20)31-32-24(36)18-33-27(38)34(23-12-8-5-9-13-23)25(28(33,2)3)35(39)26(37)30-22-10-6-4-7-11-22/h4-17,25,39H,18H2,1-3H3,(H,30,37)(H,32,36)/b31-19+. The summed E-state index contributed by atoms with van der Waals surface area (Å²) in [5.41, 5.74) is 3.67. The number of carbonyl (C=O) groups is 3. The molecule has 202 valence electrons. The molecule has 5 amide bonds. The highest BCUT2D eigenvalue weighted by atomic mass is 79.9. The van der Waals surface area contributed by atoms with Gasteiger partial charge in [-0.25, -0.2) is 15.0 Å². The van der Waals surface area contributed by atoms with E-state index in [1.807, 2.05) is 24.3 Å². The van der Waals surface area contributed by atoms with Crippen LogP contribution in [0.5, 0.6) is 0 Å². The molecule has 0 bridgehead atoms. The zero-order valence-corrected chi connectivity index (χ0v) is 23.3. The smallest absolute Gasteiger partial charge is 0.306 e. The van der Waals surface area contributed by atoms with Gasteiger partial charge in [0.25, 0.3) is 5.91 Å². The molecule has 0 spiro atoms. The molecule has 1 heterocycles. The summed E-state index contributed by atoms with van der Waals surface area (Å²) in [5.74, 6) is -0.528. The Kier molecular flexibility index (Phi) is 8.32. The van der Waals surface area contributed by atoms with Crippen LogP contribution in [0.25, 0.3) is 0 Å². The Labute approximate surface area is 235 Å². The molecule has 1 aliphatic heterocycles. The van der Waals surface area contributed by atoms with Crippen LogP contribution >= 0.6 is 15.9 Å². The van der Waals surface area contributed by atoms with Gasteiger partial charge in [0.15, 0.2) is 6.17 Å². The molecule has 10 nitrogen and oxygen atoms in total. The lowest BCUT2D eigenvalue weighted by Crippen LogP contribution is -2.58. The third-order valence-corrected chi connectivity index (χ3v) is 6.95. The zero-order valence-electron chi connectivity index (χ0n) is 21.7. The molecular formula is C28H29BrN6O4. The first-order valence-corrected chi connectivity index (χ1v) is 13.0. The van der Waals surface area contributed by atoms with E-state index in [2.05, 4.69) is 31.8 Å². The van der Waals surface area contributed by atoms with E-state index < -0.39 is 29.7 Å². The van der Waals surface area contributed by atoms with Crippen molar-refractivity contribution in [2.75, 3.05) is 16.8 Å². The van der Waals surface area contributed by atoms with Crippen LogP contribution in [0, 0.1) is 0 Å². The third kappa shape index (κ3) is 6.10. The zero-order chi connectivity index (χ0) is 28.2. The molecule has 1 fully saturated rings. The Bertz CT molecular complexity index is 1370. The molecular weight excluding hydrogens is 564 g/mol. The highest BCUT2D eigenvalue weighted by Crippen LogP contribution is 2.37. The van der Waals surface area contributed by atoms with Gasteiger partial charge in [-0.2, -0.15) is 10.2 Å². The number of amides is 5. The number of nitrogens with zero attached hydrogens (tertiary/aromatic N) is 4. The van der Waals surface area contributed by atoms with Gasteiger partial charge in [0.2, 0.25) is 0 Å². The predicted molar refractivity (Wildman–Crippen MR) is 152 cm³/mol. The van der Waals surface area contributed by atoms with E-state index in [0.29, 0.717) is 22.1 Å². The molecule has 0 aromatic heterocycles. The lowest BCUT2D eigenvalue weighted by molar-refractivity contribution is -0.124. The summed E-state index contributed by atoms with van der Waals surface area (Å²) >= 11 is 3.39. The van der Waals surface area contributed by atoms with Gasteiger partial charge in [-0.1, -0.05) is 64.5 Å². The fourth-order valence-electron chi connectivity index (χ4n) is 4.35. The summed E-state index contributed by atoms with van der Waals surface area (Å²) < 4.78 is 0.922. The number of hydroxylamine groups is 2. The van der Waals surface area contributed by atoms with Crippen molar-refractivity contribution >= 4 is 51.0 Å². The maximum absolute atomic E-state index is 13.7. The number of anilines is 2. The third-order valence-electron chi connectivity index (χ3n) is 6.42. The molecule has 1 saturated heterocycles. The second-order valence-corrected chi connectivity index (χ2v) is 10.4. The van der Waals surface area contributed by atoms with Crippen LogP contribution in [0.4, 0.5) is 21.0 Å². The molecule has 1 atom stereocenters. The average molecular weight is 593 g/mol. The number of hydrazone groups is 1. The first-order valence-electron chi connectivity index (χ1n) is 12.2. The maximum Gasteiger partial charge on any atom is 0.347 e. The number of benzene rings is 3. The number of para-hydroxylation sites is 2. The van der Waals surface area contributed by atoms with Crippen molar-refractivity contribution in [1.29, 1.82) is 0 Å². The number of nitrogens with one attached hydrogen (secondary N) is 2. The van der Waals surface area contributed by atoms with E-state index in [4.69, 9.17) is 0 Å². The first-order chi connectivity index (χ1) is 18.6. The van der Waals surface area contributed by atoms with Crippen LogP contribution in [0.3, 0.4) is 0 Å². The van der Waals surface area contributed by atoms with Crippen molar-refractivity contribution in [2.45, 2.75) is 32.5 Å². The summed E-state index contributed by atoms with van der Waals surface area (Å²) in [5, 5.41) is 18.4. The van der Waals surface area contributed by atoms with Gasteiger partial charge in [0, 0.05) is 15.8 Å². The summed E-state index contributed by atoms with van der Waals surface area (Å²) in [4.78, 5) is 42.3. The van der Waals surface area contributed by atoms with Crippen molar-refractivity contribution in [3.8, 4) is 0 Å². The molecule has 39 heavy (non-hydrogen) atoms. The number of hydrogen-bond acceptors (Lipinski definition) is 5. The summed E-state index contributed by atoms with van der Waals surface area (Å²) in [6, 6.07) is 23.4. The molecule has 3 N–H and O–H groups in total. The van der Waals surface area contributed by atoms with Crippen molar-refractivity contribution in [3.63, 3.8) is 0 Å². The number of rotatable bonds is 7. The Balaban J connectivity index is 1.57. The van der Waals surface area contributed by atoms with E-state index in [-0.39, 0.29) is 6.54 Å². The minimum atomic E-state index is -1.18. The van der Waals surface area contributed by atoms with Gasteiger partial charge in [-0.3, -0.25) is 14.9 Å². The quantitative estimate of drug-likeness (QED) is 0.197. The van der Waals surface area contributed by atoms with Gasteiger partial charge >= 0.3 is 12.1 Å². The van der Waals surface area contributed by atoms with Crippen LogP contribution in [0.1, 0.15) is 26.3 Å². The highest BCUT2D eigenvalue weighted by Gasteiger charge is 2.56. The Morgan fingerprint density at radius 2 is 1.59 bits per heavy atom. The largest absolute Gasteiger partial charge is 0.347 e. The Morgan fingerprint density at radius 3 is 2.21 bits per heavy atom. The monoisotopic (exact) mass is 592 g/mol. The molecule has 0 saturated carbocycles. The van der Waals surface area contributed by atoms with E-state index in [0.717, 1.165) is 10.0 Å². The van der Waals surface area contributed by atoms with Gasteiger partial charge in [-0.05, 0) is 62.7 Å². The van der Waals surface area contributed by atoms with Gasteiger partial charge in [-0.15, -0.1) is 0 Å². The predicted octanol–water partition coefficient (Wildman–Crippen LogP) is 5.26. The van der Waals surface area contributed by atoms with Crippen LogP contribution in [0.15, 0.2) is 94.5 Å². The first kappa shape index (κ1) is 27.8.